The summed E-state index contributed by atoms with van der Waals surface area (Å²) in [7, 11) is 0. The van der Waals surface area contributed by atoms with Crippen LogP contribution in [-0.4, -0.2) is 22.0 Å². The highest BCUT2D eigenvalue weighted by molar-refractivity contribution is 5.81. The lowest BCUT2D eigenvalue weighted by molar-refractivity contribution is -0.128. The Bertz CT molecular complexity index is 552. The van der Waals surface area contributed by atoms with Crippen molar-refractivity contribution in [2.75, 3.05) is 0 Å². The van der Waals surface area contributed by atoms with Crippen LogP contribution in [0, 0.1) is 6.92 Å². The Labute approximate surface area is 118 Å². The molecule has 1 atom stereocenters. The predicted octanol–water partition coefficient (Wildman–Crippen LogP) is 2.19. The molecule has 0 fully saturated rings. The summed E-state index contributed by atoms with van der Waals surface area (Å²) in [5.74, 6) is 1.34. The molecule has 0 aliphatic carbocycles. The van der Waals surface area contributed by atoms with Gasteiger partial charge in [-0.1, -0.05) is 25.1 Å². The van der Waals surface area contributed by atoms with Crippen LogP contribution in [0.15, 0.2) is 36.7 Å². The number of aromatic amines is 1. The minimum atomic E-state index is -0.494. The Kier molecular flexibility index (Phi) is 4.76. The summed E-state index contributed by atoms with van der Waals surface area (Å²) in [5.41, 5.74) is 1.02. The summed E-state index contributed by atoms with van der Waals surface area (Å²) < 4.78 is 5.78. The van der Waals surface area contributed by atoms with Crippen molar-refractivity contribution in [3.05, 3.63) is 48.0 Å². The number of rotatable bonds is 6. The lowest BCUT2D eigenvalue weighted by Gasteiger charge is -2.18. The first kappa shape index (κ1) is 14.1. The first-order chi connectivity index (χ1) is 9.70. The molecule has 20 heavy (non-hydrogen) atoms. The van der Waals surface area contributed by atoms with E-state index in [4.69, 9.17) is 4.74 Å². The fourth-order valence-corrected chi connectivity index (χ4v) is 1.84. The first-order valence-electron chi connectivity index (χ1n) is 6.69. The summed E-state index contributed by atoms with van der Waals surface area (Å²) in [6.07, 6.45) is 3.50. The molecule has 106 valence electrons. The molecule has 1 aromatic heterocycles. The summed E-state index contributed by atoms with van der Waals surface area (Å²) in [6.45, 7) is 4.26. The van der Waals surface area contributed by atoms with Crippen LogP contribution in [0.5, 0.6) is 5.75 Å². The summed E-state index contributed by atoms with van der Waals surface area (Å²) >= 11 is 0. The number of ether oxygens (including phenoxy) is 1. The van der Waals surface area contributed by atoms with E-state index in [9.17, 15) is 4.79 Å². The van der Waals surface area contributed by atoms with Gasteiger partial charge in [-0.3, -0.25) is 4.79 Å². The molecule has 0 unspecified atom stereocenters. The van der Waals surface area contributed by atoms with Crippen LogP contribution in [0.3, 0.4) is 0 Å². The van der Waals surface area contributed by atoms with Crippen molar-refractivity contribution in [2.45, 2.75) is 32.9 Å². The van der Waals surface area contributed by atoms with Gasteiger partial charge in [0.05, 0.1) is 6.54 Å². The number of aromatic nitrogens is 2. The Hall–Kier alpha value is -2.30. The molecule has 5 heteroatoms. The van der Waals surface area contributed by atoms with Crippen LogP contribution < -0.4 is 10.1 Å². The maximum atomic E-state index is 12.1. The second kappa shape index (κ2) is 6.75. The van der Waals surface area contributed by atoms with Gasteiger partial charge in [0.15, 0.2) is 6.10 Å². The first-order valence-corrected chi connectivity index (χ1v) is 6.69. The molecular weight excluding hydrogens is 254 g/mol. The van der Waals surface area contributed by atoms with Crippen molar-refractivity contribution >= 4 is 5.91 Å². The smallest absolute Gasteiger partial charge is 0.261 e. The number of hydrogen-bond acceptors (Lipinski definition) is 3. The largest absolute Gasteiger partial charge is 0.480 e. The Morgan fingerprint density at radius 3 is 2.90 bits per heavy atom. The molecule has 0 aliphatic rings. The lowest BCUT2D eigenvalue weighted by Crippen LogP contribution is -2.37. The van der Waals surface area contributed by atoms with Crippen molar-refractivity contribution in [2.24, 2.45) is 0 Å². The van der Waals surface area contributed by atoms with Crippen molar-refractivity contribution in [3.8, 4) is 5.75 Å². The fraction of sp³-hybridized carbons (Fsp3) is 0.333. The van der Waals surface area contributed by atoms with E-state index in [-0.39, 0.29) is 5.91 Å². The van der Waals surface area contributed by atoms with E-state index in [1.807, 2.05) is 38.1 Å². The Morgan fingerprint density at radius 1 is 1.45 bits per heavy atom. The normalized spacial score (nSPS) is 11.9. The van der Waals surface area contributed by atoms with Crippen LogP contribution >= 0.6 is 0 Å². The van der Waals surface area contributed by atoms with Crippen molar-refractivity contribution < 1.29 is 9.53 Å². The monoisotopic (exact) mass is 273 g/mol. The number of nitrogens with zero attached hydrogens (tertiary/aromatic N) is 1. The van der Waals surface area contributed by atoms with E-state index in [1.165, 1.54) is 0 Å². The molecule has 0 aliphatic heterocycles. The number of carbonyl (C=O) groups excluding carboxylic acids is 1. The van der Waals surface area contributed by atoms with Gasteiger partial charge >= 0.3 is 0 Å². The molecule has 0 bridgehead atoms. The van der Waals surface area contributed by atoms with E-state index in [0.29, 0.717) is 13.0 Å². The van der Waals surface area contributed by atoms with E-state index >= 15 is 0 Å². The number of amides is 1. The van der Waals surface area contributed by atoms with E-state index < -0.39 is 6.10 Å². The highest BCUT2D eigenvalue weighted by atomic mass is 16.5. The Balaban J connectivity index is 1.94. The predicted molar refractivity (Wildman–Crippen MR) is 76.3 cm³/mol. The second-order valence-electron chi connectivity index (χ2n) is 4.53. The highest BCUT2D eigenvalue weighted by Crippen LogP contribution is 2.18. The van der Waals surface area contributed by atoms with Gasteiger partial charge in [0.25, 0.3) is 5.91 Å². The zero-order chi connectivity index (χ0) is 14.4. The van der Waals surface area contributed by atoms with Crippen LogP contribution in [-0.2, 0) is 11.3 Å². The molecule has 5 nitrogen and oxygen atoms in total. The summed E-state index contributed by atoms with van der Waals surface area (Å²) in [6, 6.07) is 7.68. The quantitative estimate of drug-likeness (QED) is 0.847. The topological polar surface area (TPSA) is 67.0 Å². The van der Waals surface area contributed by atoms with E-state index in [0.717, 1.165) is 17.1 Å². The number of imidazole rings is 1. The van der Waals surface area contributed by atoms with Gasteiger partial charge in [0.2, 0.25) is 0 Å². The van der Waals surface area contributed by atoms with E-state index in [2.05, 4.69) is 15.3 Å². The van der Waals surface area contributed by atoms with Crippen molar-refractivity contribution in [3.63, 3.8) is 0 Å². The molecule has 0 saturated heterocycles. The number of nitrogens with one attached hydrogen (secondary N) is 2. The Morgan fingerprint density at radius 2 is 2.25 bits per heavy atom. The second-order valence-corrected chi connectivity index (χ2v) is 4.53. The zero-order valence-electron chi connectivity index (χ0n) is 11.7. The summed E-state index contributed by atoms with van der Waals surface area (Å²) in [4.78, 5) is 19.1. The average Bonchev–Trinajstić information content (AvgIpc) is 2.97. The molecule has 2 aromatic rings. The van der Waals surface area contributed by atoms with Gasteiger partial charge in [0, 0.05) is 12.4 Å². The van der Waals surface area contributed by atoms with E-state index in [1.54, 1.807) is 12.4 Å². The van der Waals surface area contributed by atoms with Gasteiger partial charge in [-0.2, -0.15) is 0 Å². The molecule has 1 heterocycles. The number of benzene rings is 1. The van der Waals surface area contributed by atoms with Gasteiger partial charge in [-0.05, 0) is 25.0 Å². The van der Waals surface area contributed by atoms with Crippen LogP contribution in [0.1, 0.15) is 24.7 Å². The third kappa shape index (κ3) is 3.60. The number of hydrogen-bond donors (Lipinski definition) is 2. The van der Waals surface area contributed by atoms with Crippen molar-refractivity contribution in [1.29, 1.82) is 0 Å². The molecule has 0 saturated carbocycles. The number of aryl methyl sites for hydroxylation is 1. The number of carbonyl (C=O) groups is 1. The molecule has 2 rings (SSSR count). The molecular formula is C15H19N3O2. The third-order valence-electron chi connectivity index (χ3n) is 3.01. The van der Waals surface area contributed by atoms with Crippen LogP contribution in [0.4, 0.5) is 0 Å². The molecule has 0 radical (unpaired) electrons. The van der Waals surface area contributed by atoms with Gasteiger partial charge < -0.3 is 15.0 Å². The van der Waals surface area contributed by atoms with Crippen LogP contribution in [0.25, 0.3) is 0 Å². The van der Waals surface area contributed by atoms with Gasteiger partial charge in [-0.25, -0.2) is 4.98 Å². The third-order valence-corrected chi connectivity index (χ3v) is 3.01. The molecule has 1 aromatic carbocycles. The molecule has 2 N–H and O–H groups in total. The number of para-hydroxylation sites is 1. The zero-order valence-corrected chi connectivity index (χ0v) is 11.7. The molecule has 1 amide bonds. The SMILES string of the molecule is CC[C@H](Oc1ccccc1C)C(=O)NCc1ncc[nH]1. The maximum absolute atomic E-state index is 12.1. The molecule has 0 spiro atoms. The van der Waals surface area contributed by atoms with Gasteiger partial charge in [0.1, 0.15) is 11.6 Å². The standard InChI is InChI=1S/C15H19N3O2/c1-3-12(20-13-7-5-4-6-11(13)2)15(19)18-10-14-16-8-9-17-14/h4-9,12H,3,10H2,1-2H3,(H,16,17)(H,18,19)/t12-/m0/s1. The summed E-state index contributed by atoms with van der Waals surface area (Å²) in [5, 5.41) is 2.82. The van der Waals surface area contributed by atoms with Crippen molar-refractivity contribution in [1.82, 2.24) is 15.3 Å². The number of H-pyrrole nitrogens is 1. The highest BCUT2D eigenvalue weighted by Gasteiger charge is 2.18. The van der Waals surface area contributed by atoms with Gasteiger partial charge in [-0.15, -0.1) is 0 Å². The van der Waals surface area contributed by atoms with Crippen LogP contribution in [0.2, 0.25) is 0 Å². The minimum Gasteiger partial charge on any atom is -0.480 e. The average molecular weight is 273 g/mol. The maximum Gasteiger partial charge on any atom is 0.261 e. The fourth-order valence-electron chi connectivity index (χ4n) is 1.84. The lowest BCUT2D eigenvalue weighted by atomic mass is 10.2. The minimum absolute atomic E-state index is 0.132.